The first kappa shape index (κ1) is 28.4. The number of ether oxygens (including phenoxy) is 1. The smallest absolute Gasteiger partial charge is 0.416 e. The van der Waals surface area contributed by atoms with Gasteiger partial charge in [0, 0.05) is 80.3 Å². The molecule has 2 N–H and O–H groups in total. The maximum absolute atomic E-state index is 14.0. The fourth-order valence-corrected chi connectivity index (χ4v) is 5.10. The molecule has 0 saturated carbocycles. The number of piperazine rings is 1. The molecule has 2 aromatic carbocycles. The van der Waals surface area contributed by atoms with E-state index in [1.807, 2.05) is 36.2 Å². The van der Waals surface area contributed by atoms with Gasteiger partial charge < -0.3 is 19.9 Å². The van der Waals surface area contributed by atoms with E-state index in [1.165, 1.54) is 12.1 Å². The number of benzene rings is 2. The Morgan fingerprint density at radius 3 is 2.56 bits per heavy atom. The third-order valence-electron chi connectivity index (χ3n) is 7.45. The molecule has 1 fully saturated rings. The monoisotopic (exact) mass is 586 g/mol. The van der Waals surface area contributed by atoms with Gasteiger partial charge in [-0.15, -0.1) is 0 Å². The Morgan fingerprint density at radius 2 is 1.79 bits per heavy atom. The van der Waals surface area contributed by atoms with Gasteiger partial charge in [-0.1, -0.05) is 12.1 Å². The van der Waals surface area contributed by atoms with E-state index in [0.717, 1.165) is 30.1 Å². The number of carbonyl (C=O) groups is 1. The van der Waals surface area contributed by atoms with Crippen LogP contribution in [0.2, 0.25) is 0 Å². The molecule has 4 heterocycles. The van der Waals surface area contributed by atoms with Crippen LogP contribution in [0.25, 0.3) is 22.3 Å². The van der Waals surface area contributed by atoms with Crippen LogP contribution in [0.4, 0.5) is 18.9 Å². The van der Waals surface area contributed by atoms with Crippen molar-refractivity contribution in [2.24, 2.45) is 0 Å². The van der Waals surface area contributed by atoms with E-state index in [4.69, 9.17) is 4.74 Å². The lowest BCUT2D eigenvalue weighted by Crippen LogP contribution is -2.44. The number of amides is 1. The number of hydrogen-bond acceptors (Lipinski definition) is 6. The molecule has 3 aromatic heterocycles. The van der Waals surface area contributed by atoms with Gasteiger partial charge in [0.2, 0.25) is 0 Å². The standard InChI is InChI=1S/C32H29F3N6O2/c1-40-13-15-41(16-14-40)20-23-6-5-22(17-27(23)32(33,34)35)31(42)38-24-3-2-4-25(18-24)43-29-19-28(21-7-10-36-11-8-21)39-30-26(29)9-12-37-30/h2-12,17-19H,13-16,20H2,1H3,(H,37,39)(H,38,42). The summed E-state index contributed by atoms with van der Waals surface area (Å²) in [5, 5.41) is 3.48. The van der Waals surface area contributed by atoms with Gasteiger partial charge >= 0.3 is 6.18 Å². The molecule has 1 saturated heterocycles. The first-order valence-electron chi connectivity index (χ1n) is 13.8. The van der Waals surface area contributed by atoms with Crippen LogP contribution >= 0.6 is 0 Å². The Hall–Kier alpha value is -4.74. The van der Waals surface area contributed by atoms with Gasteiger partial charge in [-0.05, 0) is 55.1 Å². The molecule has 220 valence electrons. The van der Waals surface area contributed by atoms with E-state index < -0.39 is 17.6 Å². The second-order valence-corrected chi connectivity index (χ2v) is 10.5. The van der Waals surface area contributed by atoms with Crippen molar-refractivity contribution in [3.05, 3.63) is 102 Å². The number of likely N-dealkylation sites (N-methyl/N-ethyl adjacent to an activating group) is 1. The van der Waals surface area contributed by atoms with Crippen molar-refractivity contribution in [3.8, 4) is 22.8 Å². The van der Waals surface area contributed by atoms with Crippen LogP contribution in [-0.2, 0) is 12.7 Å². The van der Waals surface area contributed by atoms with E-state index >= 15 is 0 Å². The minimum Gasteiger partial charge on any atom is -0.456 e. The summed E-state index contributed by atoms with van der Waals surface area (Å²) in [6.45, 7) is 3.15. The number of nitrogens with one attached hydrogen (secondary N) is 2. The average molecular weight is 587 g/mol. The van der Waals surface area contributed by atoms with Crippen molar-refractivity contribution >= 4 is 22.6 Å². The Kier molecular flexibility index (Phi) is 7.83. The molecule has 0 atom stereocenters. The molecular weight excluding hydrogens is 557 g/mol. The number of hydrogen-bond donors (Lipinski definition) is 2. The summed E-state index contributed by atoms with van der Waals surface area (Å²) in [4.78, 5) is 29.1. The van der Waals surface area contributed by atoms with Crippen LogP contribution in [0.15, 0.2) is 85.3 Å². The summed E-state index contributed by atoms with van der Waals surface area (Å²) in [6.07, 6.45) is 0.543. The third-order valence-corrected chi connectivity index (χ3v) is 7.45. The number of nitrogens with zero attached hydrogens (tertiary/aromatic N) is 4. The number of anilines is 1. The van der Waals surface area contributed by atoms with E-state index in [9.17, 15) is 18.0 Å². The Labute approximate surface area is 246 Å². The summed E-state index contributed by atoms with van der Waals surface area (Å²) in [6, 6.07) is 17.8. The Balaban J connectivity index is 1.21. The molecule has 0 aliphatic carbocycles. The SMILES string of the molecule is CN1CCN(Cc2ccc(C(=O)Nc3cccc(Oc4cc(-c5ccncc5)nc5[nH]ccc45)c3)cc2C(F)(F)F)CC1. The van der Waals surface area contributed by atoms with Crippen molar-refractivity contribution in [3.63, 3.8) is 0 Å². The van der Waals surface area contributed by atoms with Crippen LogP contribution in [0.3, 0.4) is 0 Å². The number of H-pyrrole nitrogens is 1. The topological polar surface area (TPSA) is 86.4 Å². The zero-order valence-corrected chi connectivity index (χ0v) is 23.4. The Bertz CT molecular complexity index is 1750. The van der Waals surface area contributed by atoms with Crippen molar-refractivity contribution in [1.82, 2.24) is 24.8 Å². The molecule has 8 nitrogen and oxygen atoms in total. The molecule has 11 heteroatoms. The molecule has 1 aliphatic rings. The quantitative estimate of drug-likeness (QED) is 0.229. The summed E-state index contributed by atoms with van der Waals surface area (Å²) >= 11 is 0. The van der Waals surface area contributed by atoms with Gasteiger partial charge in [0.15, 0.2) is 0 Å². The normalized spacial score (nSPS) is 14.6. The van der Waals surface area contributed by atoms with Gasteiger partial charge in [0.1, 0.15) is 17.1 Å². The summed E-state index contributed by atoms with van der Waals surface area (Å²) in [5.41, 5.74) is 1.86. The number of fused-ring (bicyclic) bond motifs is 1. The van der Waals surface area contributed by atoms with E-state index in [0.29, 0.717) is 41.6 Å². The molecule has 1 aliphatic heterocycles. The van der Waals surface area contributed by atoms with E-state index in [1.54, 1.807) is 42.9 Å². The first-order valence-corrected chi connectivity index (χ1v) is 13.8. The maximum atomic E-state index is 14.0. The molecular formula is C32H29F3N6O2. The molecule has 0 unspecified atom stereocenters. The van der Waals surface area contributed by atoms with Crippen molar-refractivity contribution in [1.29, 1.82) is 0 Å². The number of pyridine rings is 2. The molecule has 5 aromatic rings. The number of rotatable bonds is 7. The maximum Gasteiger partial charge on any atom is 0.416 e. The predicted octanol–water partition coefficient (Wildman–Crippen LogP) is 6.44. The van der Waals surface area contributed by atoms with Gasteiger partial charge in [0.25, 0.3) is 5.91 Å². The Morgan fingerprint density at radius 1 is 1.00 bits per heavy atom. The highest BCUT2D eigenvalue weighted by molar-refractivity contribution is 6.04. The van der Waals surface area contributed by atoms with E-state index in [2.05, 4.69) is 25.2 Å². The van der Waals surface area contributed by atoms with Crippen molar-refractivity contribution in [2.75, 3.05) is 38.5 Å². The number of aromatic nitrogens is 3. The molecule has 6 rings (SSSR count). The second kappa shape index (κ2) is 11.9. The zero-order valence-electron chi connectivity index (χ0n) is 23.4. The fourth-order valence-electron chi connectivity index (χ4n) is 5.10. The molecule has 0 radical (unpaired) electrons. The number of carbonyl (C=O) groups excluding carboxylic acids is 1. The van der Waals surface area contributed by atoms with Gasteiger partial charge in [-0.25, -0.2) is 4.98 Å². The first-order chi connectivity index (χ1) is 20.7. The minimum atomic E-state index is -4.59. The van der Waals surface area contributed by atoms with Crippen LogP contribution in [0.5, 0.6) is 11.5 Å². The van der Waals surface area contributed by atoms with Gasteiger partial charge in [-0.3, -0.25) is 14.7 Å². The van der Waals surface area contributed by atoms with Gasteiger partial charge in [0.05, 0.1) is 16.6 Å². The largest absolute Gasteiger partial charge is 0.456 e. The van der Waals surface area contributed by atoms with Crippen molar-refractivity contribution < 1.29 is 22.7 Å². The van der Waals surface area contributed by atoms with Crippen LogP contribution in [0, 0.1) is 0 Å². The molecule has 1 amide bonds. The molecule has 0 bridgehead atoms. The average Bonchev–Trinajstić information content (AvgIpc) is 3.48. The summed E-state index contributed by atoms with van der Waals surface area (Å²) < 4.78 is 48.3. The number of alkyl halides is 3. The van der Waals surface area contributed by atoms with Crippen LogP contribution < -0.4 is 10.1 Å². The predicted molar refractivity (Wildman–Crippen MR) is 158 cm³/mol. The minimum absolute atomic E-state index is 0.0778. The summed E-state index contributed by atoms with van der Waals surface area (Å²) in [5.74, 6) is 0.337. The van der Waals surface area contributed by atoms with E-state index in [-0.39, 0.29) is 17.7 Å². The molecule has 43 heavy (non-hydrogen) atoms. The highest BCUT2D eigenvalue weighted by atomic mass is 19.4. The molecule has 0 spiro atoms. The third kappa shape index (κ3) is 6.52. The lowest BCUT2D eigenvalue weighted by Gasteiger charge is -2.33. The highest BCUT2D eigenvalue weighted by Gasteiger charge is 2.34. The van der Waals surface area contributed by atoms with Crippen LogP contribution in [0.1, 0.15) is 21.5 Å². The lowest BCUT2D eigenvalue weighted by molar-refractivity contribution is -0.138. The fraction of sp³-hybridized carbons (Fsp3) is 0.219. The van der Waals surface area contributed by atoms with Crippen LogP contribution in [-0.4, -0.2) is 63.9 Å². The number of aromatic amines is 1. The summed E-state index contributed by atoms with van der Waals surface area (Å²) in [7, 11) is 1.99. The van der Waals surface area contributed by atoms with Gasteiger partial charge in [-0.2, -0.15) is 13.2 Å². The highest BCUT2D eigenvalue weighted by Crippen LogP contribution is 2.35. The van der Waals surface area contributed by atoms with Crippen molar-refractivity contribution in [2.45, 2.75) is 12.7 Å². The second-order valence-electron chi connectivity index (χ2n) is 10.5. The zero-order chi connectivity index (χ0) is 30.0. The lowest BCUT2D eigenvalue weighted by atomic mass is 10.0. The number of halogens is 3.